The van der Waals surface area contributed by atoms with Gasteiger partial charge in [0, 0.05) is 6.61 Å². The molecular weight excluding hydrogens is 182 g/mol. The first-order valence-electron chi connectivity index (χ1n) is 4.97. The van der Waals surface area contributed by atoms with E-state index < -0.39 is 11.1 Å². The predicted octanol–water partition coefficient (Wildman–Crippen LogP) is 0.443. The van der Waals surface area contributed by atoms with Crippen LogP contribution in [0.2, 0.25) is 0 Å². The number of hydrogen-bond donors (Lipinski definition) is 2. The number of rotatable bonds is 3. The summed E-state index contributed by atoms with van der Waals surface area (Å²) in [5.74, 6) is -0.131. The fraction of sp³-hybridized carbons (Fsp3) is 0.900. The molecule has 1 rings (SSSR count). The first-order chi connectivity index (χ1) is 6.40. The van der Waals surface area contributed by atoms with Crippen molar-refractivity contribution < 1.29 is 14.6 Å². The maximum absolute atomic E-state index is 11.8. The lowest BCUT2D eigenvalue weighted by Crippen LogP contribution is -2.54. The Labute approximate surface area is 84.6 Å². The SMILES string of the molecule is CC(C)(CO)NC(=O)C1(C)CCCO1. The number of aliphatic hydroxyl groups excluding tert-OH is 1. The van der Waals surface area contributed by atoms with Crippen LogP contribution in [0.1, 0.15) is 33.6 Å². The van der Waals surface area contributed by atoms with Gasteiger partial charge in [-0.2, -0.15) is 0 Å². The van der Waals surface area contributed by atoms with E-state index in [1.165, 1.54) is 0 Å². The molecule has 4 nitrogen and oxygen atoms in total. The number of nitrogens with one attached hydrogen (secondary N) is 1. The average molecular weight is 201 g/mol. The maximum atomic E-state index is 11.8. The van der Waals surface area contributed by atoms with Gasteiger partial charge in [0.15, 0.2) is 0 Å². The van der Waals surface area contributed by atoms with Gasteiger partial charge in [0.1, 0.15) is 5.60 Å². The Bertz CT molecular complexity index is 219. The van der Waals surface area contributed by atoms with E-state index in [9.17, 15) is 4.79 Å². The molecule has 1 aliphatic rings. The van der Waals surface area contributed by atoms with Gasteiger partial charge in [0.05, 0.1) is 12.1 Å². The highest BCUT2D eigenvalue weighted by Gasteiger charge is 2.39. The normalized spacial score (nSPS) is 27.7. The maximum Gasteiger partial charge on any atom is 0.252 e. The molecule has 0 aromatic heterocycles. The number of carbonyl (C=O) groups is 1. The molecule has 0 aliphatic carbocycles. The van der Waals surface area contributed by atoms with Crippen molar-refractivity contribution in [3.63, 3.8) is 0 Å². The zero-order valence-corrected chi connectivity index (χ0v) is 9.09. The molecule has 2 N–H and O–H groups in total. The number of ether oxygens (including phenoxy) is 1. The van der Waals surface area contributed by atoms with Gasteiger partial charge in [-0.3, -0.25) is 4.79 Å². The van der Waals surface area contributed by atoms with Crippen molar-refractivity contribution in [1.29, 1.82) is 0 Å². The molecule has 1 saturated heterocycles. The van der Waals surface area contributed by atoms with Crippen LogP contribution in [-0.4, -0.2) is 35.4 Å². The highest BCUT2D eigenvalue weighted by Crippen LogP contribution is 2.25. The first kappa shape index (κ1) is 11.5. The molecule has 14 heavy (non-hydrogen) atoms. The second kappa shape index (κ2) is 3.87. The van der Waals surface area contributed by atoms with Crippen molar-refractivity contribution >= 4 is 5.91 Å². The summed E-state index contributed by atoms with van der Waals surface area (Å²) in [6, 6.07) is 0. The van der Waals surface area contributed by atoms with Crippen LogP contribution in [0.15, 0.2) is 0 Å². The van der Waals surface area contributed by atoms with Gasteiger partial charge >= 0.3 is 0 Å². The van der Waals surface area contributed by atoms with E-state index in [2.05, 4.69) is 5.32 Å². The average Bonchev–Trinajstić information content (AvgIpc) is 2.53. The van der Waals surface area contributed by atoms with Crippen LogP contribution in [0, 0.1) is 0 Å². The Morgan fingerprint density at radius 3 is 2.71 bits per heavy atom. The zero-order chi connectivity index (χ0) is 10.8. The highest BCUT2D eigenvalue weighted by atomic mass is 16.5. The largest absolute Gasteiger partial charge is 0.394 e. The summed E-state index contributed by atoms with van der Waals surface area (Å²) in [5.41, 5.74) is -1.28. The van der Waals surface area contributed by atoms with Crippen LogP contribution in [0.5, 0.6) is 0 Å². The smallest absolute Gasteiger partial charge is 0.252 e. The van der Waals surface area contributed by atoms with Crippen LogP contribution >= 0.6 is 0 Å². The highest BCUT2D eigenvalue weighted by molar-refractivity contribution is 5.85. The molecule has 0 saturated carbocycles. The number of aliphatic hydroxyl groups is 1. The molecule has 0 bridgehead atoms. The van der Waals surface area contributed by atoms with Crippen LogP contribution in [0.4, 0.5) is 0 Å². The third-order valence-corrected chi connectivity index (χ3v) is 2.55. The molecule has 1 amide bonds. The number of amides is 1. The Morgan fingerprint density at radius 2 is 2.29 bits per heavy atom. The van der Waals surface area contributed by atoms with Gasteiger partial charge in [-0.15, -0.1) is 0 Å². The van der Waals surface area contributed by atoms with Crippen molar-refractivity contribution in [3.8, 4) is 0 Å². The van der Waals surface area contributed by atoms with Crippen molar-refractivity contribution in [2.24, 2.45) is 0 Å². The fourth-order valence-corrected chi connectivity index (χ4v) is 1.44. The standard InChI is InChI=1S/C10H19NO3/c1-9(2,7-12)11-8(13)10(3)5-4-6-14-10/h12H,4-7H2,1-3H3,(H,11,13). The Morgan fingerprint density at radius 1 is 1.64 bits per heavy atom. The lowest BCUT2D eigenvalue weighted by molar-refractivity contribution is -0.141. The third-order valence-electron chi connectivity index (χ3n) is 2.55. The van der Waals surface area contributed by atoms with Gasteiger partial charge in [0.25, 0.3) is 5.91 Å². The summed E-state index contributed by atoms with van der Waals surface area (Å²) >= 11 is 0. The summed E-state index contributed by atoms with van der Waals surface area (Å²) in [6.07, 6.45) is 1.67. The van der Waals surface area contributed by atoms with E-state index in [-0.39, 0.29) is 12.5 Å². The number of carbonyl (C=O) groups excluding carboxylic acids is 1. The zero-order valence-electron chi connectivity index (χ0n) is 9.09. The van der Waals surface area contributed by atoms with E-state index in [1.54, 1.807) is 20.8 Å². The summed E-state index contributed by atoms with van der Waals surface area (Å²) in [7, 11) is 0. The predicted molar refractivity (Wildman–Crippen MR) is 52.9 cm³/mol. The Kier molecular flexibility index (Phi) is 3.17. The van der Waals surface area contributed by atoms with Gasteiger partial charge in [-0.25, -0.2) is 0 Å². The van der Waals surface area contributed by atoms with E-state index in [0.29, 0.717) is 6.61 Å². The summed E-state index contributed by atoms with van der Waals surface area (Å²) in [4.78, 5) is 11.8. The summed E-state index contributed by atoms with van der Waals surface area (Å²) in [6.45, 7) is 5.92. The Balaban J connectivity index is 2.57. The first-order valence-corrected chi connectivity index (χ1v) is 4.97. The minimum atomic E-state index is -0.702. The monoisotopic (exact) mass is 201 g/mol. The molecule has 1 atom stereocenters. The third kappa shape index (κ3) is 2.45. The lowest BCUT2D eigenvalue weighted by Gasteiger charge is -2.29. The van der Waals surface area contributed by atoms with Gasteiger partial charge < -0.3 is 15.2 Å². The van der Waals surface area contributed by atoms with E-state index in [0.717, 1.165) is 12.8 Å². The van der Waals surface area contributed by atoms with E-state index in [1.807, 2.05) is 0 Å². The van der Waals surface area contributed by atoms with Gasteiger partial charge in [-0.05, 0) is 33.6 Å². The molecule has 1 heterocycles. The number of hydrogen-bond acceptors (Lipinski definition) is 3. The minimum Gasteiger partial charge on any atom is -0.394 e. The van der Waals surface area contributed by atoms with Crippen molar-refractivity contribution in [1.82, 2.24) is 5.32 Å². The quantitative estimate of drug-likeness (QED) is 0.696. The molecule has 4 heteroatoms. The van der Waals surface area contributed by atoms with Crippen LogP contribution in [0.25, 0.3) is 0 Å². The molecule has 1 fully saturated rings. The molecular formula is C10H19NO3. The van der Waals surface area contributed by atoms with Crippen molar-refractivity contribution in [3.05, 3.63) is 0 Å². The lowest BCUT2D eigenvalue weighted by atomic mass is 9.99. The van der Waals surface area contributed by atoms with Crippen LogP contribution in [0.3, 0.4) is 0 Å². The van der Waals surface area contributed by atoms with Crippen LogP contribution < -0.4 is 5.32 Å². The van der Waals surface area contributed by atoms with Crippen molar-refractivity contribution in [2.75, 3.05) is 13.2 Å². The Hall–Kier alpha value is -0.610. The van der Waals surface area contributed by atoms with Gasteiger partial charge in [0.2, 0.25) is 0 Å². The minimum absolute atomic E-state index is 0.0746. The van der Waals surface area contributed by atoms with Crippen molar-refractivity contribution in [2.45, 2.75) is 44.8 Å². The second-order valence-electron chi connectivity index (χ2n) is 4.68. The molecule has 0 spiro atoms. The topological polar surface area (TPSA) is 58.6 Å². The summed E-state index contributed by atoms with van der Waals surface area (Å²) in [5, 5.41) is 11.8. The molecule has 0 radical (unpaired) electrons. The molecule has 0 aromatic carbocycles. The molecule has 0 aromatic rings. The summed E-state index contributed by atoms with van der Waals surface area (Å²) < 4.78 is 5.40. The molecule has 1 unspecified atom stereocenters. The second-order valence-corrected chi connectivity index (χ2v) is 4.68. The molecule has 82 valence electrons. The van der Waals surface area contributed by atoms with Crippen LogP contribution in [-0.2, 0) is 9.53 Å². The molecule has 1 aliphatic heterocycles. The fourth-order valence-electron chi connectivity index (χ4n) is 1.44. The van der Waals surface area contributed by atoms with E-state index >= 15 is 0 Å². The van der Waals surface area contributed by atoms with E-state index in [4.69, 9.17) is 9.84 Å². The van der Waals surface area contributed by atoms with Gasteiger partial charge in [-0.1, -0.05) is 0 Å².